The minimum absolute atomic E-state index is 0.149. The summed E-state index contributed by atoms with van der Waals surface area (Å²) in [5.41, 5.74) is 6.10. The topological polar surface area (TPSA) is 73.6 Å². The summed E-state index contributed by atoms with van der Waals surface area (Å²) < 4.78 is 10.4. The Hall–Kier alpha value is -1.75. The Labute approximate surface area is 126 Å². The van der Waals surface area contributed by atoms with E-state index in [1.807, 2.05) is 0 Å². The molecule has 1 unspecified atom stereocenters. The Balaban J connectivity index is 2.73. The van der Waals surface area contributed by atoms with Gasteiger partial charge in [0.15, 0.2) is 0 Å². The van der Waals surface area contributed by atoms with E-state index in [2.05, 4.69) is 12.2 Å². The van der Waals surface area contributed by atoms with Crippen molar-refractivity contribution in [3.63, 3.8) is 0 Å². The summed E-state index contributed by atoms with van der Waals surface area (Å²) in [5.74, 6) is 1.44. The number of benzene rings is 1. The molecule has 3 N–H and O–H groups in total. The molecule has 0 aliphatic rings. The molecule has 1 aromatic rings. The zero-order valence-electron chi connectivity index (χ0n) is 13.1. The summed E-state index contributed by atoms with van der Waals surface area (Å²) in [4.78, 5) is 12.3. The molecule has 0 spiro atoms. The van der Waals surface area contributed by atoms with Crippen molar-refractivity contribution in [1.29, 1.82) is 0 Å². The molecule has 1 amide bonds. The number of carbonyl (C=O) groups excluding carboxylic acids is 1. The van der Waals surface area contributed by atoms with E-state index in [0.29, 0.717) is 36.1 Å². The van der Waals surface area contributed by atoms with Crippen LogP contribution in [0.4, 0.5) is 0 Å². The molecule has 5 heteroatoms. The van der Waals surface area contributed by atoms with E-state index >= 15 is 0 Å². The second-order valence-electron chi connectivity index (χ2n) is 5.01. The highest BCUT2D eigenvalue weighted by molar-refractivity contribution is 5.97. The summed E-state index contributed by atoms with van der Waals surface area (Å²) >= 11 is 0. The van der Waals surface area contributed by atoms with Crippen LogP contribution >= 0.6 is 0 Å². The lowest BCUT2D eigenvalue weighted by atomic mass is 9.99. The zero-order chi connectivity index (χ0) is 15.7. The molecule has 0 aromatic heterocycles. The molecule has 1 atom stereocenters. The predicted molar refractivity (Wildman–Crippen MR) is 83.9 cm³/mol. The molecule has 1 rings (SSSR count). The van der Waals surface area contributed by atoms with Crippen LogP contribution in [0.5, 0.6) is 11.5 Å². The molecule has 21 heavy (non-hydrogen) atoms. The fourth-order valence-electron chi connectivity index (χ4n) is 2.32. The molecule has 0 aliphatic carbocycles. The van der Waals surface area contributed by atoms with Crippen LogP contribution in [0, 0.1) is 5.92 Å². The maximum absolute atomic E-state index is 12.3. The van der Waals surface area contributed by atoms with E-state index in [1.165, 1.54) is 0 Å². The second kappa shape index (κ2) is 9.23. The van der Waals surface area contributed by atoms with Crippen molar-refractivity contribution in [3.8, 4) is 11.5 Å². The number of carbonyl (C=O) groups is 1. The quantitative estimate of drug-likeness (QED) is 0.732. The summed E-state index contributed by atoms with van der Waals surface area (Å²) in [6.07, 6.45) is 3.07. The number of nitrogens with two attached hydrogens (primary N) is 1. The minimum Gasteiger partial charge on any atom is -0.497 e. The molecule has 0 saturated heterocycles. The van der Waals surface area contributed by atoms with Gasteiger partial charge in [-0.05, 0) is 43.5 Å². The molecule has 0 aliphatic heterocycles. The molecule has 1 aromatic carbocycles. The fourth-order valence-corrected chi connectivity index (χ4v) is 2.32. The van der Waals surface area contributed by atoms with Crippen molar-refractivity contribution >= 4 is 5.91 Å². The second-order valence-corrected chi connectivity index (χ2v) is 5.01. The summed E-state index contributed by atoms with van der Waals surface area (Å²) in [6.45, 7) is 3.41. The number of hydrogen-bond acceptors (Lipinski definition) is 4. The third-order valence-electron chi connectivity index (χ3n) is 3.47. The number of nitrogens with one attached hydrogen (secondary N) is 1. The van der Waals surface area contributed by atoms with E-state index < -0.39 is 0 Å². The highest BCUT2D eigenvalue weighted by Gasteiger charge is 2.15. The number of hydrogen-bond donors (Lipinski definition) is 2. The monoisotopic (exact) mass is 294 g/mol. The van der Waals surface area contributed by atoms with Gasteiger partial charge in [-0.1, -0.05) is 13.3 Å². The number of rotatable bonds is 9. The molecule has 118 valence electrons. The lowest BCUT2D eigenvalue weighted by molar-refractivity contribution is 0.0942. The van der Waals surface area contributed by atoms with Gasteiger partial charge in [0.1, 0.15) is 11.5 Å². The van der Waals surface area contributed by atoms with Crippen molar-refractivity contribution in [2.75, 3.05) is 27.3 Å². The fraction of sp³-hybridized carbons (Fsp3) is 0.562. The Bertz CT molecular complexity index is 443. The van der Waals surface area contributed by atoms with Gasteiger partial charge in [0.25, 0.3) is 5.91 Å². The number of methoxy groups -OCH3 is 2. The van der Waals surface area contributed by atoms with Gasteiger partial charge in [0.05, 0.1) is 19.8 Å². The number of ether oxygens (including phenoxy) is 2. The van der Waals surface area contributed by atoms with Gasteiger partial charge in [-0.15, -0.1) is 0 Å². The molecular formula is C16H26N2O3. The van der Waals surface area contributed by atoms with Crippen molar-refractivity contribution in [1.82, 2.24) is 5.32 Å². The largest absolute Gasteiger partial charge is 0.497 e. The Morgan fingerprint density at radius 2 is 2.05 bits per heavy atom. The third kappa shape index (κ3) is 5.27. The smallest absolute Gasteiger partial charge is 0.255 e. The van der Waals surface area contributed by atoms with E-state index in [4.69, 9.17) is 15.2 Å². The summed E-state index contributed by atoms with van der Waals surface area (Å²) in [7, 11) is 3.12. The van der Waals surface area contributed by atoms with E-state index in [1.54, 1.807) is 32.4 Å². The molecule has 0 heterocycles. The van der Waals surface area contributed by atoms with E-state index in [-0.39, 0.29) is 5.91 Å². The van der Waals surface area contributed by atoms with Crippen LogP contribution in [0.3, 0.4) is 0 Å². The Morgan fingerprint density at radius 1 is 1.29 bits per heavy atom. The van der Waals surface area contributed by atoms with Crippen LogP contribution in [-0.4, -0.2) is 33.2 Å². The lowest BCUT2D eigenvalue weighted by Gasteiger charge is -2.17. The van der Waals surface area contributed by atoms with Gasteiger partial charge in [0.2, 0.25) is 0 Å². The first-order valence-corrected chi connectivity index (χ1v) is 7.36. The van der Waals surface area contributed by atoms with Crippen molar-refractivity contribution < 1.29 is 14.3 Å². The summed E-state index contributed by atoms with van der Waals surface area (Å²) in [5, 5.41) is 2.96. The highest BCUT2D eigenvalue weighted by Crippen LogP contribution is 2.24. The maximum atomic E-state index is 12.3. The highest BCUT2D eigenvalue weighted by atomic mass is 16.5. The van der Waals surface area contributed by atoms with Crippen molar-refractivity contribution in [2.24, 2.45) is 11.7 Å². The molecule has 5 nitrogen and oxygen atoms in total. The summed E-state index contributed by atoms with van der Waals surface area (Å²) in [6, 6.07) is 5.19. The average molecular weight is 294 g/mol. The van der Waals surface area contributed by atoms with Crippen LogP contribution in [-0.2, 0) is 0 Å². The van der Waals surface area contributed by atoms with E-state index in [9.17, 15) is 4.79 Å². The van der Waals surface area contributed by atoms with E-state index in [0.717, 1.165) is 19.3 Å². The van der Waals surface area contributed by atoms with Crippen LogP contribution < -0.4 is 20.5 Å². The Morgan fingerprint density at radius 3 is 2.62 bits per heavy atom. The molecular weight excluding hydrogens is 268 g/mol. The number of amides is 1. The van der Waals surface area contributed by atoms with Gasteiger partial charge in [-0.2, -0.15) is 0 Å². The third-order valence-corrected chi connectivity index (χ3v) is 3.47. The molecule has 0 radical (unpaired) electrons. The minimum atomic E-state index is -0.149. The Kier molecular flexibility index (Phi) is 7.61. The first kappa shape index (κ1) is 17.3. The van der Waals surface area contributed by atoms with Crippen LogP contribution in [0.15, 0.2) is 18.2 Å². The van der Waals surface area contributed by atoms with Crippen molar-refractivity contribution in [3.05, 3.63) is 23.8 Å². The SMILES string of the molecule is CCCC(CCN)CNC(=O)c1cc(OC)ccc1OC. The molecule has 0 bridgehead atoms. The van der Waals surface area contributed by atoms with Gasteiger partial charge in [-0.3, -0.25) is 4.79 Å². The van der Waals surface area contributed by atoms with Gasteiger partial charge in [0, 0.05) is 6.54 Å². The average Bonchev–Trinajstić information content (AvgIpc) is 2.52. The normalized spacial score (nSPS) is 11.8. The van der Waals surface area contributed by atoms with Gasteiger partial charge in [-0.25, -0.2) is 0 Å². The van der Waals surface area contributed by atoms with Crippen LogP contribution in [0.1, 0.15) is 36.5 Å². The van der Waals surface area contributed by atoms with Crippen molar-refractivity contribution in [2.45, 2.75) is 26.2 Å². The van der Waals surface area contributed by atoms with Crippen LogP contribution in [0.2, 0.25) is 0 Å². The standard InChI is InChI=1S/C16H26N2O3/c1-4-5-12(8-9-17)11-18-16(19)14-10-13(20-2)6-7-15(14)21-3/h6-7,10,12H,4-5,8-9,11,17H2,1-3H3,(H,18,19). The zero-order valence-corrected chi connectivity index (χ0v) is 13.1. The molecule has 0 saturated carbocycles. The maximum Gasteiger partial charge on any atom is 0.255 e. The first-order chi connectivity index (χ1) is 10.2. The van der Waals surface area contributed by atoms with Gasteiger partial charge >= 0.3 is 0 Å². The predicted octanol–water partition coefficient (Wildman–Crippen LogP) is 2.20. The van der Waals surface area contributed by atoms with Gasteiger partial charge < -0.3 is 20.5 Å². The lowest BCUT2D eigenvalue weighted by Crippen LogP contribution is -2.30. The first-order valence-electron chi connectivity index (χ1n) is 7.36. The van der Waals surface area contributed by atoms with Crippen LogP contribution in [0.25, 0.3) is 0 Å². The molecule has 0 fully saturated rings.